The Morgan fingerprint density at radius 1 is 1.12 bits per heavy atom. The lowest BCUT2D eigenvalue weighted by atomic mass is 9.94. The predicted octanol–water partition coefficient (Wildman–Crippen LogP) is 6.50. The molecule has 2 aromatic carbocycles. The van der Waals surface area contributed by atoms with Gasteiger partial charge in [0.25, 0.3) is 6.08 Å². The molecule has 3 saturated heterocycles. The molecule has 4 fully saturated rings. The highest BCUT2D eigenvalue weighted by atomic mass is 19.3. The molecule has 262 valence electrons. The summed E-state index contributed by atoms with van der Waals surface area (Å²) in [6, 6.07) is 6.10. The van der Waals surface area contributed by atoms with Crippen LogP contribution in [-0.2, 0) is 6.42 Å². The van der Waals surface area contributed by atoms with Gasteiger partial charge in [0.05, 0.1) is 12.6 Å². The van der Waals surface area contributed by atoms with E-state index in [0.29, 0.717) is 60.0 Å². The molecule has 50 heavy (non-hydrogen) atoms. The summed E-state index contributed by atoms with van der Waals surface area (Å²) in [5.41, 5.74) is 0.427. The van der Waals surface area contributed by atoms with Crippen molar-refractivity contribution in [1.82, 2.24) is 25.2 Å². The Morgan fingerprint density at radius 3 is 2.72 bits per heavy atom. The second kappa shape index (κ2) is 11.7. The number of piperazine rings is 1. The van der Waals surface area contributed by atoms with E-state index in [2.05, 4.69) is 15.2 Å². The van der Waals surface area contributed by atoms with E-state index in [0.717, 1.165) is 25.7 Å². The van der Waals surface area contributed by atoms with E-state index in [4.69, 9.17) is 19.4 Å². The van der Waals surface area contributed by atoms with Gasteiger partial charge in [0, 0.05) is 54.8 Å². The second-order valence-corrected chi connectivity index (χ2v) is 14.7. The minimum absolute atomic E-state index is 0.0119. The van der Waals surface area contributed by atoms with Crippen molar-refractivity contribution < 1.29 is 32.1 Å². The maximum Gasteiger partial charge on any atom is 0.319 e. The molecule has 1 aliphatic carbocycles. The van der Waals surface area contributed by atoms with Gasteiger partial charge < -0.3 is 24.8 Å². The van der Waals surface area contributed by atoms with E-state index in [1.807, 2.05) is 18.7 Å². The molecule has 5 aliphatic rings. The zero-order valence-corrected chi connectivity index (χ0v) is 27.9. The summed E-state index contributed by atoms with van der Waals surface area (Å²) in [7, 11) is 0. The normalized spacial score (nSPS) is 25.2. The molecule has 1 saturated carbocycles. The third-order valence-corrected chi connectivity index (χ3v) is 11.4. The largest absolute Gasteiger partial charge is 0.508 e. The van der Waals surface area contributed by atoms with Crippen LogP contribution in [0.2, 0.25) is 0 Å². The van der Waals surface area contributed by atoms with Crippen LogP contribution in [0.1, 0.15) is 51.5 Å². The molecule has 9 rings (SSSR count). The van der Waals surface area contributed by atoms with Gasteiger partial charge in [-0.05, 0) is 80.0 Å². The Bertz CT molecular complexity index is 2090. The lowest BCUT2D eigenvalue weighted by molar-refractivity contribution is 0.154. The van der Waals surface area contributed by atoms with E-state index < -0.39 is 17.7 Å². The first-order valence-electron chi connectivity index (χ1n) is 17.5. The molecule has 4 aromatic rings. The maximum absolute atomic E-state index is 17.2. The SMILES string of the molecule is CCc1c(F)ccc2cc(O)cc(-c3nc4c5c(nc(OCC6(CN7CCC(=C(F)F)C7)CC6)nc5c3F)N3C[C@H]5CC[C@H](N5)[C@H]3[C@H](C)O4)c12. The van der Waals surface area contributed by atoms with Crippen LogP contribution in [0.4, 0.5) is 23.4 Å². The molecule has 4 aliphatic heterocycles. The lowest BCUT2D eigenvalue weighted by Gasteiger charge is -2.42. The number of aromatic hydroxyl groups is 1. The van der Waals surface area contributed by atoms with Crippen LogP contribution in [-0.4, -0.2) is 82.0 Å². The summed E-state index contributed by atoms with van der Waals surface area (Å²) in [5.74, 6) is -0.642. The topological polar surface area (TPSA) is 95.9 Å². The summed E-state index contributed by atoms with van der Waals surface area (Å²) >= 11 is 0. The number of likely N-dealkylation sites (tertiary alicyclic amines) is 1. The predicted molar refractivity (Wildman–Crippen MR) is 180 cm³/mol. The van der Waals surface area contributed by atoms with Gasteiger partial charge in [0.2, 0.25) is 5.88 Å². The van der Waals surface area contributed by atoms with E-state index in [1.54, 1.807) is 6.07 Å². The molecule has 9 nitrogen and oxygen atoms in total. The minimum Gasteiger partial charge on any atom is -0.508 e. The van der Waals surface area contributed by atoms with Crippen molar-refractivity contribution in [2.24, 2.45) is 5.41 Å². The molecular weight excluding hydrogens is 652 g/mol. The molecular formula is C37H38F4N6O3. The smallest absolute Gasteiger partial charge is 0.319 e. The quantitative estimate of drug-likeness (QED) is 0.211. The second-order valence-electron chi connectivity index (χ2n) is 14.7. The summed E-state index contributed by atoms with van der Waals surface area (Å²) in [5, 5.41) is 15.8. The van der Waals surface area contributed by atoms with Crippen LogP contribution in [0, 0.1) is 17.0 Å². The number of nitrogens with zero attached hydrogens (tertiary/aromatic N) is 5. The Labute approximate surface area is 286 Å². The standard InChI is InChI=1S/C37H38F4N6O3/c1-3-23-25(38)6-4-19-12-22(48)13-24(27(19)23)30-29(39)31-28-34(47-15-21-5-7-26(42-21)32(47)18(2)50-35(28)43-30)45-36(44-31)49-17-37(9-10-37)16-46-11-8-20(14-46)33(40)41/h4,6,12-13,18,21,26,32,42,48H,3,5,7-11,14-17H2,1-2H3/t18-,21+,26-,32+/m0/s1. The Hall–Kier alpha value is -4.23. The first kappa shape index (κ1) is 31.7. The number of nitrogens with one attached hydrogen (secondary N) is 1. The molecule has 2 aromatic heterocycles. The average Bonchev–Trinajstić information content (AvgIpc) is 3.55. The van der Waals surface area contributed by atoms with Crippen LogP contribution in [0.3, 0.4) is 0 Å². The minimum atomic E-state index is -1.59. The summed E-state index contributed by atoms with van der Waals surface area (Å²) in [6.07, 6.45) is 2.48. The number of pyridine rings is 1. The number of rotatable bonds is 7. The summed E-state index contributed by atoms with van der Waals surface area (Å²) in [4.78, 5) is 18.6. The van der Waals surface area contributed by atoms with Gasteiger partial charge >= 0.3 is 6.01 Å². The molecule has 0 spiro atoms. The van der Waals surface area contributed by atoms with Crippen molar-refractivity contribution in [1.29, 1.82) is 0 Å². The highest BCUT2D eigenvalue weighted by Crippen LogP contribution is 2.49. The zero-order chi connectivity index (χ0) is 34.5. The summed E-state index contributed by atoms with van der Waals surface area (Å²) in [6.45, 7) is 6.15. The van der Waals surface area contributed by atoms with Gasteiger partial charge in [-0.2, -0.15) is 18.7 Å². The van der Waals surface area contributed by atoms with Crippen LogP contribution in [0.5, 0.6) is 17.6 Å². The summed E-state index contributed by atoms with van der Waals surface area (Å²) < 4.78 is 71.7. The Kier molecular flexibility index (Phi) is 7.40. The molecule has 13 heteroatoms. The van der Waals surface area contributed by atoms with Crippen LogP contribution in [0.25, 0.3) is 32.9 Å². The zero-order valence-electron chi connectivity index (χ0n) is 27.9. The Morgan fingerprint density at radius 2 is 1.96 bits per heavy atom. The van der Waals surface area contributed by atoms with Gasteiger partial charge in [-0.1, -0.05) is 13.0 Å². The number of hydrogen-bond acceptors (Lipinski definition) is 9. The number of phenolic OH excluding ortho intramolecular Hbond substituents is 1. The van der Waals surface area contributed by atoms with Crippen molar-refractivity contribution in [2.75, 3.05) is 37.7 Å². The van der Waals surface area contributed by atoms with Gasteiger partial charge in [-0.3, -0.25) is 4.90 Å². The van der Waals surface area contributed by atoms with E-state index in [-0.39, 0.29) is 82.8 Å². The number of phenols is 1. The monoisotopic (exact) mass is 690 g/mol. The Balaban J connectivity index is 1.18. The number of aryl methyl sites for hydroxylation is 1. The molecule has 4 atom stereocenters. The van der Waals surface area contributed by atoms with Crippen molar-refractivity contribution in [3.8, 4) is 28.9 Å². The molecule has 2 bridgehead atoms. The highest BCUT2D eigenvalue weighted by molar-refractivity contribution is 6.03. The number of aromatic nitrogens is 3. The third kappa shape index (κ3) is 5.14. The van der Waals surface area contributed by atoms with Crippen LogP contribution < -0.4 is 19.7 Å². The van der Waals surface area contributed by atoms with Crippen molar-refractivity contribution in [3.63, 3.8) is 0 Å². The van der Waals surface area contributed by atoms with E-state index in [9.17, 15) is 13.9 Å². The van der Waals surface area contributed by atoms with Crippen molar-refractivity contribution in [2.45, 2.75) is 76.6 Å². The molecule has 0 unspecified atom stereocenters. The number of halogens is 4. The third-order valence-electron chi connectivity index (χ3n) is 11.4. The van der Waals surface area contributed by atoms with Gasteiger partial charge in [0.15, 0.2) is 5.82 Å². The van der Waals surface area contributed by atoms with Gasteiger partial charge in [0.1, 0.15) is 40.1 Å². The van der Waals surface area contributed by atoms with Crippen LogP contribution >= 0.6 is 0 Å². The fraction of sp³-hybridized carbons (Fsp3) is 0.486. The number of ether oxygens (including phenoxy) is 2. The average molecular weight is 691 g/mol. The van der Waals surface area contributed by atoms with Crippen molar-refractivity contribution >= 4 is 27.5 Å². The van der Waals surface area contributed by atoms with E-state index in [1.165, 1.54) is 18.2 Å². The lowest BCUT2D eigenvalue weighted by Crippen LogP contribution is -2.62. The molecule has 0 radical (unpaired) electrons. The fourth-order valence-electron chi connectivity index (χ4n) is 8.79. The highest BCUT2D eigenvalue weighted by Gasteiger charge is 2.48. The maximum atomic E-state index is 17.2. The molecule has 0 amide bonds. The van der Waals surface area contributed by atoms with Crippen molar-refractivity contribution in [3.05, 3.63) is 53.1 Å². The van der Waals surface area contributed by atoms with Crippen LogP contribution in [0.15, 0.2) is 35.9 Å². The molecule has 2 N–H and O–H groups in total. The van der Waals surface area contributed by atoms with Gasteiger partial charge in [-0.25, -0.2) is 13.8 Å². The first-order chi connectivity index (χ1) is 24.1. The number of benzene rings is 2. The van der Waals surface area contributed by atoms with Gasteiger partial charge in [-0.15, -0.1) is 0 Å². The number of hydrogen-bond donors (Lipinski definition) is 2. The number of fused-ring (bicyclic) bond motifs is 6. The van der Waals surface area contributed by atoms with E-state index >= 15 is 8.78 Å². The number of anilines is 1. The first-order valence-corrected chi connectivity index (χ1v) is 17.5. The fourth-order valence-corrected chi connectivity index (χ4v) is 8.79. The molecule has 6 heterocycles.